The molecule has 4 aromatic rings. The molecule has 1 heterocycles. The zero-order chi connectivity index (χ0) is 20.4. The van der Waals surface area contributed by atoms with Crippen molar-refractivity contribution in [2.75, 3.05) is 0 Å². The van der Waals surface area contributed by atoms with Gasteiger partial charge in [-0.15, -0.1) is 0 Å². The summed E-state index contributed by atoms with van der Waals surface area (Å²) in [4.78, 5) is 13.4. The number of nitriles is 1. The summed E-state index contributed by atoms with van der Waals surface area (Å²) >= 11 is 0. The summed E-state index contributed by atoms with van der Waals surface area (Å²) in [5, 5.41) is 13.9. The molecule has 3 aromatic carbocycles. The molecule has 0 saturated heterocycles. The minimum Gasteiger partial charge on any atom is -0.288 e. The third-order valence-electron chi connectivity index (χ3n) is 4.95. The van der Waals surface area contributed by atoms with Crippen LogP contribution in [0.15, 0.2) is 78.9 Å². The quantitative estimate of drug-likeness (QED) is 0.456. The monoisotopic (exact) mass is 377 g/mol. The fourth-order valence-electron chi connectivity index (χ4n) is 3.35. The first-order valence-corrected chi connectivity index (χ1v) is 9.35. The Hall–Kier alpha value is -3.97. The number of nitrogens with zero attached hydrogens (tertiary/aromatic N) is 3. The van der Waals surface area contributed by atoms with Gasteiger partial charge in [-0.1, -0.05) is 60.2 Å². The molecule has 0 aliphatic carbocycles. The van der Waals surface area contributed by atoms with Crippen molar-refractivity contribution in [2.24, 2.45) is 0 Å². The number of hydrogen-bond donors (Lipinski definition) is 0. The molecule has 4 heteroatoms. The highest BCUT2D eigenvalue weighted by Crippen LogP contribution is 2.29. The zero-order valence-corrected chi connectivity index (χ0v) is 16.3. The van der Waals surface area contributed by atoms with Gasteiger partial charge in [0.05, 0.1) is 28.6 Å². The van der Waals surface area contributed by atoms with Crippen molar-refractivity contribution in [2.45, 2.75) is 13.8 Å². The maximum Gasteiger partial charge on any atom is 0.197 e. The Morgan fingerprint density at radius 3 is 2.17 bits per heavy atom. The van der Waals surface area contributed by atoms with E-state index in [-0.39, 0.29) is 5.78 Å². The van der Waals surface area contributed by atoms with E-state index in [0.717, 1.165) is 22.5 Å². The van der Waals surface area contributed by atoms with Gasteiger partial charge in [-0.05, 0) is 38.1 Å². The Balaban J connectivity index is 1.92. The molecule has 0 N–H and O–H groups in total. The van der Waals surface area contributed by atoms with Crippen LogP contribution in [0.2, 0.25) is 0 Å². The second-order valence-corrected chi connectivity index (χ2v) is 6.94. The number of aromatic nitrogens is 2. The molecule has 0 bridgehead atoms. The molecule has 0 radical (unpaired) electrons. The average molecular weight is 377 g/mol. The fraction of sp³-hybridized carbons (Fsp3) is 0.0800. The van der Waals surface area contributed by atoms with Crippen LogP contribution in [0, 0.1) is 25.2 Å². The number of rotatable bonds is 4. The molecule has 0 aliphatic rings. The van der Waals surface area contributed by atoms with Crippen LogP contribution in [-0.4, -0.2) is 15.6 Å². The Morgan fingerprint density at radius 1 is 0.897 bits per heavy atom. The van der Waals surface area contributed by atoms with Gasteiger partial charge in [0.1, 0.15) is 5.69 Å². The van der Waals surface area contributed by atoms with E-state index in [1.54, 1.807) is 12.1 Å². The minimum atomic E-state index is -0.0687. The summed E-state index contributed by atoms with van der Waals surface area (Å²) in [6.07, 6.45) is 0. The smallest absolute Gasteiger partial charge is 0.197 e. The predicted octanol–water partition coefficient (Wildman–Crippen LogP) is 5.26. The van der Waals surface area contributed by atoms with Gasteiger partial charge in [-0.25, -0.2) is 4.68 Å². The van der Waals surface area contributed by atoms with Gasteiger partial charge in [0.2, 0.25) is 0 Å². The van der Waals surface area contributed by atoms with E-state index >= 15 is 0 Å². The number of aryl methyl sites for hydroxylation is 1. The molecule has 0 fully saturated rings. The van der Waals surface area contributed by atoms with Crippen molar-refractivity contribution >= 4 is 5.78 Å². The van der Waals surface area contributed by atoms with Crippen LogP contribution in [-0.2, 0) is 0 Å². The summed E-state index contributed by atoms with van der Waals surface area (Å²) in [7, 11) is 0. The molecule has 4 rings (SSSR count). The maximum absolute atomic E-state index is 13.4. The molecule has 0 unspecified atom stereocenters. The first-order chi connectivity index (χ1) is 14.1. The fourth-order valence-corrected chi connectivity index (χ4v) is 3.35. The second kappa shape index (κ2) is 7.57. The normalized spacial score (nSPS) is 10.5. The van der Waals surface area contributed by atoms with E-state index in [4.69, 9.17) is 10.4 Å². The molecule has 1 aromatic heterocycles. The second-order valence-electron chi connectivity index (χ2n) is 6.94. The SMILES string of the molecule is Cc1ccc(-n2nc(-c3ccc(C#N)cc3)c(C(=O)c3ccccc3)c2C)cc1. The number of benzene rings is 3. The Bertz CT molecular complexity index is 1210. The highest BCUT2D eigenvalue weighted by molar-refractivity contribution is 6.13. The summed E-state index contributed by atoms with van der Waals surface area (Å²) < 4.78 is 1.81. The van der Waals surface area contributed by atoms with Crippen LogP contribution >= 0.6 is 0 Å². The molecule has 140 valence electrons. The third kappa shape index (κ3) is 3.46. The summed E-state index contributed by atoms with van der Waals surface area (Å²) in [5.41, 5.74) is 6.01. The van der Waals surface area contributed by atoms with Gasteiger partial charge in [-0.2, -0.15) is 10.4 Å². The number of hydrogen-bond acceptors (Lipinski definition) is 3. The minimum absolute atomic E-state index is 0.0687. The molecule has 0 saturated carbocycles. The molecule has 4 nitrogen and oxygen atoms in total. The Labute approximate surface area is 169 Å². The van der Waals surface area contributed by atoms with Crippen LogP contribution in [0.25, 0.3) is 16.9 Å². The standard InChI is InChI=1S/C25H19N3O/c1-17-8-14-22(15-9-17)28-18(2)23(25(29)21-6-4-3-5-7-21)24(27-28)20-12-10-19(16-26)11-13-20/h3-15H,1-2H3. The highest BCUT2D eigenvalue weighted by atomic mass is 16.1. The van der Waals surface area contributed by atoms with Gasteiger partial charge in [0, 0.05) is 11.1 Å². The van der Waals surface area contributed by atoms with E-state index in [2.05, 4.69) is 6.07 Å². The van der Waals surface area contributed by atoms with E-state index in [9.17, 15) is 4.79 Å². The molecular formula is C25H19N3O. The van der Waals surface area contributed by atoms with E-state index < -0.39 is 0 Å². The predicted molar refractivity (Wildman–Crippen MR) is 113 cm³/mol. The van der Waals surface area contributed by atoms with Gasteiger partial charge >= 0.3 is 0 Å². The zero-order valence-electron chi connectivity index (χ0n) is 16.3. The number of carbonyl (C=O) groups is 1. The summed E-state index contributed by atoms with van der Waals surface area (Å²) in [6.45, 7) is 3.95. The summed E-state index contributed by atoms with van der Waals surface area (Å²) in [5.74, 6) is -0.0687. The average Bonchev–Trinajstić information content (AvgIpc) is 3.11. The van der Waals surface area contributed by atoms with Gasteiger partial charge < -0.3 is 0 Å². The van der Waals surface area contributed by atoms with Crippen molar-refractivity contribution in [3.63, 3.8) is 0 Å². The lowest BCUT2D eigenvalue weighted by Gasteiger charge is -2.06. The van der Waals surface area contributed by atoms with Crippen molar-refractivity contribution in [3.05, 3.63) is 107 Å². The first-order valence-electron chi connectivity index (χ1n) is 9.35. The van der Waals surface area contributed by atoms with Crippen LogP contribution < -0.4 is 0 Å². The van der Waals surface area contributed by atoms with Crippen LogP contribution in [0.5, 0.6) is 0 Å². The lowest BCUT2D eigenvalue weighted by molar-refractivity contribution is 0.103. The van der Waals surface area contributed by atoms with Crippen LogP contribution in [0.3, 0.4) is 0 Å². The topological polar surface area (TPSA) is 58.7 Å². The molecule has 0 atom stereocenters. The van der Waals surface area contributed by atoms with Crippen LogP contribution in [0.4, 0.5) is 0 Å². The van der Waals surface area contributed by atoms with Crippen molar-refractivity contribution < 1.29 is 4.79 Å². The molecule has 0 aliphatic heterocycles. The van der Waals surface area contributed by atoms with Crippen molar-refractivity contribution in [3.8, 4) is 23.0 Å². The lowest BCUT2D eigenvalue weighted by atomic mass is 9.97. The van der Waals surface area contributed by atoms with E-state index in [0.29, 0.717) is 22.4 Å². The number of carbonyl (C=O) groups excluding carboxylic acids is 1. The van der Waals surface area contributed by atoms with Gasteiger partial charge in [-0.3, -0.25) is 4.79 Å². The molecule has 0 spiro atoms. The van der Waals surface area contributed by atoms with Crippen LogP contribution in [0.1, 0.15) is 32.7 Å². The van der Waals surface area contributed by atoms with Crippen molar-refractivity contribution in [1.29, 1.82) is 5.26 Å². The first kappa shape index (κ1) is 18.4. The summed E-state index contributed by atoms with van der Waals surface area (Å²) in [6, 6.07) is 26.5. The van der Waals surface area contributed by atoms with E-state index in [1.165, 1.54) is 0 Å². The van der Waals surface area contributed by atoms with Gasteiger partial charge in [0.15, 0.2) is 5.78 Å². The molecular weight excluding hydrogens is 358 g/mol. The van der Waals surface area contributed by atoms with Gasteiger partial charge in [0.25, 0.3) is 0 Å². The lowest BCUT2D eigenvalue weighted by Crippen LogP contribution is -2.05. The Morgan fingerprint density at radius 2 is 1.55 bits per heavy atom. The van der Waals surface area contributed by atoms with Crippen molar-refractivity contribution in [1.82, 2.24) is 9.78 Å². The molecule has 29 heavy (non-hydrogen) atoms. The highest BCUT2D eigenvalue weighted by Gasteiger charge is 2.24. The number of ketones is 1. The largest absolute Gasteiger partial charge is 0.288 e. The van der Waals surface area contributed by atoms with E-state index in [1.807, 2.05) is 85.3 Å². The Kier molecular flexibility index (Phi) is 4.80. The third-order valence-corrected chi connectivity index (χ3v) is 4.95. The maximum atomic E-state index is 13.4. The molecule has 0 amide bonds.